The zero-order valence-electron chi connectivity index (χ0n) is 9.81. The van der Waals surface area contributed by atoms with E-state index < -0.39 is 0 Å². The maximum atomic E-state index is 13.6. The molecule has 0 amide bonds. The average Bonchev–Trinajstić information content (AvgIpc) is 3.14. The fourth-order valence-electron chi connectivity index (χ4n) is 2.72. The number of hydrogen-bond donors (Lipinski definition) is 1. The van der Waals surface area contributed by atoms with Gasteiger partial charge in [0.15, 0.2) is 0 Å². The molecule has 2 saturated carbocycles. The Bertz CT molecular complexity index is 424. The normalized spacial score (nSPS) is 21.5. The van der Waals surface area contributed by atoms with Gasteiger partial charge in [0.25, 0.3) is 0 Å². The molecule has 0 heterocycles. The van der Waals surface area contributed by atoms with Crippen molar-refractivity contribution >= 4 is 11.6 Å². The summed E-state index contributed by atoms with van der Waals surface area (Å²) in [5, 5.41) is 3.61. The second-order valence-electron chi connectivity index (χ2n) is 5.45. The topological polar surface area (TPSA) is 12.0 Å². The van der Waals surface area contributed by atoms with E-state index in [4.69, 9.17) is 11.6 Å². The Hall–Kier alpha value is -0.600. The first-order valence-electron chi connectivity index (χ1n) is 6.35. The summed E-state index contributed by atoms with van der Waals surface area (Å²) in [5.74, 6) is 0.664. The summed E-state index contributed by atoms with van der Waals surface area (Å²) in [5.41, 5.74) is 1.23. The summed E-state index contributed by atoms with van der Waals surface area (Å²) in [6.07, 6.45) is 5.49. The molecule has 92 valence electrons. The van der Waals surface area contributed by atoms with Crippen molar-refractivity contribution in [2.24, 2.45) is 11.3 Å². The minimum atomic E-state index is -0.280. The molecule has 0 aromatic heterocycles. The Morgan fingerprint density at radius 2 is 2.12 bits per heavy atom. The van der Waals surface area contributed by atoms with E-state index in [9.17, 15) is 4.39 Å². The van der Waals surface area contributed by atoms with Gasteiger partial charge in [-0.25, -0.2) is 4.39 Å². The summed E-state index contributed by atoms with van der Waals surface area (Å²) < 4.78 is 13.6. The molecule has 0 unspecified atom stereocenters. The fraction of sp³-hybridized carbons (Fsp3) is 0.571. The first kappa shape index (κ1) is 11.5. The van der Waals surface area contributed by atoms with Gasteiger partial charge in [-0.1, -0.05) is 23.7 Å². The first-order valence-corrected chi connectivity index (χ1v) is 6.73. The van der Waals surface area contributed by atoms with E-state index in [1.54, 1.807) is 18.2 Å². The van der Waals surface area contributed by atoms with Crippen LogP contribution in [0, 0.1) is 17.2 Å². The number of halogens is 2. The highest BCUT2D eigenvalue weighted by Crippen LogP contribution is 2.60. The molecular formula is C14H17ClFN. The van der Waals surface area contributed by atoms with E-state index in [0.29, 0.717) is 17.5 Å². The van der Waals surface area contributed by atoms with Gasteiger partial charge in [0.05, 0.1) is 5.02 Å². The molecule has 2 aliphatic rings. The average molecular weight is 254 g/mol. The van der Waals surface area contributed by atoms with E-state index >= 15 is 0 Å². The molecule has 3 rings (SSSR count). The van der Waals surface area contributed by atoms with Crippen LogP contribution in [0.25, 0.3) is 0 Å². The van der Waals surface area contributed by atoms with Crippen LogP contribution in [0.15, 0.2) is 18.2 Å². The molecule has 0 aliphatic heterocycles. The van der Waals surface area contributed by atoms with Crippen molar-refractivity contribution in [1.82, 2.24) is 5.32 Å². The third-order valence-corrected chi connectivity index (χ3v) is 4.45. The summed E-state index contributed by atoms with van der Waals surface area (Å²) >= 11 is 5.75. The molecule has 2 aliphatic carbocycles. The molecule has 1 nitrogen and oxygen atoms in total. The van der Waals surface area contributed by atoms with Gasteiger partial charge in [0, 0.05) is 18.7 Å². The van der Waals surface area contributed by atoms with Crippen LogP contribution in [0.4, 0.5) is 4.39 Å². The number of hydrogen-bond acceptors (Lipinski definition) is 1. The molecule has 2 fully saturated rings. The van der Waals surface area contributed by atoms with Crippen molar-refractivity contribution in [3.63, 3.8) is 0 Å². The highest BCUT2D eigenvalue weighted by atomic mass is 35.5. The second-order valence-corrected chi connectivity index (χ2v) is 5.86. The van der Waals surface area contributed by atoms with E-state index in [-0.39, 0.29) is 10.8 Å². The van der Waals surface area contributed by atoms with Crippen LogP contribution >= 0.6 is 11.6 Å². The maximum absolute atomic E-state index is 13.6. The Morgan fingerprint density at radius 3 is 2.76 bits per heavy atom. The van der Waals surface area contributed by atoms with Crippen molar-refractivity contribution < 1.29 is 4.39 Å². The molecule has 1 aromatic rings. The smallest absolute Gasteiger partial charge is 0.146 e. The predicted molar refractivity (Wildman–Crippen MR) is 67.5 cm³/mol. The quantitative estimate of drug-likeness (QED) is 0.843. The van der Waals surface area contributed by atoms with Gasteiger partial charge in [-0.15, -0.1) is 0 Å². The molecule has 0 bridgehead atoms. The lowest BCUT2D eigenvalue weighted by molar-refractivity contribution is 0.401. The lowest BCUT2D eigenvalue weighted by Gasteiger charge is -2.15. The fourth-order valence-corrected chi connectivity index (χ4v) is 2.91. The van der Waals surface area contributed by atoms with E-state index in [1.165, 1.54) is 25.7 Å². The van der Waals surface area contributed by atoms with Gasteiger partial charge in [-0.05, 0) is 43.1 Å². The molecular weight excluding hydrogens is 237 g/mol. The standard InChI is InChI=1S/C14H17ClFN/c15-12-3-1-2-10(13(12)16)8-17-9-14(6-7-14)11-4-5-11/h1-3,11,17H,4-9H2. The Balaban J connectivity index is 1.55. The summed E-state index contributed by atoms with van der Waals surface area (Å²) in [7, 11) is 0. The molecule has 3 heteroatoms. The van der Waals surface area contributed by atoms with Crippen LogP contribution in [-0.2, 0) is 6.54 Å². The van der Waals surface area contributed by atoms with Gasteiger partial charge in [0.1, 0.15) is 5.82 Å². The van der Waals surface area contributed by atoms with Gasteiger partial charge < -0.3 is 5.32 Å². The van der Waals surface area contributed by atoms with Crippen LogP contribution in [0.2, 0.25) is 5.02 Å². The monoisotopic (exact) mass is 253 g/mol. The van der Waals surface area contributed by atoms with Crippen molar-refractivity contribution in [2.75, 3.05) is 6.54 Å². The molecule has 0 spiro atoms. The molecule has 1 N–H and O–H groups in total. The van der Waals surface area contributed by atoms with Gasteiger partial charge in [-0.2, -0.15) is 0 Å². The van der Waals surface area contributed by atoms with Gasteiger partial charge in [-0.3, -0.25) is 0 Å². The Labute approximate surface area is 106 Å². The van der Waals surface area contributed by atoms with Gasteiger partial charge >= 0.3 is 0 Å². The number of nitrogens with one attached hydrogen (secondary N) is 1. The predicted octanol–water partition coefficient (Wildman–Crippen LogP) is 3.76. The van der Waals surface area contributed by atoms with Gasteiger partial charge in [0.2, 0.25) is 0 Å². The zero-order chi connectivity index (χ0) is 11.9. The van der Waals surface area contributed by atoms with Crippen molar-refractivity contribution in [3.05, 3.63) is 34.6 Å². The van der Waals surface area contributed by atoms with Crippen LogP contribution in [0.5, 0.6) is 0 Å². The van der Waals surface area contributed by atoms with Crippen LogP contribution in [-0.4, -0.2) is 6.54 Å². The summed E-state index contributed by atoms with van der Waals surface area (Å²) in [4.78, 5) is 0. The zero-order valence-corrected chi connectivity index (χ0v) is 10.6. The molecule has 1 aromatic carbocycles. The third kappa shape index (κ3) is 2.34. The number of rotatable bonds is 5. The van der Waals surface area contributed by atoms with Crippen LogP contribution < -0.4 is 5.32 Å². The Morgan fingerprint density at radius 1 is 1.35 bits per heavy atom. The molecule has 0 saturated heterocycles. The number of benzene rings is 1. The molecule has 17 heavy (non-hydrogen) atoms. The van der Waals surface area contributed by atoms with Crippen LogP contribution in [0.3, 0.4) is 0 Å². The first-order chi connectivity index (χ1) is 8.21. The third-order valence-electron chi connectivity index (χ3n) is 4.16. The van der Waals surface area contributed by atoms with Crippen LogP contribution in [0.1, 0.15) is 31.2 Å². The minimum absolute atomic E-state index is 0.215. The lowest BCUT2D eigenvalue weighted by atomic mass is 10.0. The highest BCUT2D eigenvalue weighted by Gasteiger charge is 2.53. The molecule has 0 atom stereocenters. The second kappa shape index (κ2) is 4.25. The van der Waals surface area contributed by atoms with E-state index in [1.807, 2.05) is 0 Å². The molecule has 0 radical (unpaired) electrons. The summed E-state index contributed by atoms with van der Waals surface area (Å²) in [6.45, 7) is 1.62. The maximum Gasteiger partial charge on any atom is 0.146 e. The minimum Gasteiger partial charge on any atom is -0.312 e. The SMILES string of the molecule is Fc1c(Cl)cccc1CNCC1(C2CC2)CC1. The van der Waals surface area contributed by atoms with Crippen molar-refractivity contribution in [1.29, 1.82) is 0 Å². The van der Waals surface area contributed by atoms with E-state index in [0.717, 1.165) is 12.5 Å². The lowest BCUT2D eigenvalue weighted by Crippen LogP contribution is -2.25. The largest absolute Gasteiger partial charge is 0.312 e. The van der Waals surface area contributed by atoms with Crippen molar-refractivity contribution in [2.45, 2.75) is 32.2 Å². The van der Waals surface area contributed by atoms with E-state index in [2.05, 4.69) is 5.32 Å². The summed E-state index contributed by atoms with van der Waals surface area (Å²) in [6, 6.07) is 5.19. The highest BCUT2D eigenvalue weighted by molar-refractivity contribution is 6.30. The Kier molecular flexibility index (Phi) is 2.87. The van der Waals surface area contributed by atoms with Crippen molar-refractivity contribution in [3.8, 4) is 0 Å².